The first kappa shape index (κ1) is 18.5. The van der Waals surface area contributed by atoms with Crippen LogP contribution in [-0.4, -0.2) is 53.6 Å². The second kappa shape index (κ2) is 6.90. The van der Waals surface area contributed by atoms with E-state index in [-0.39, 0.29) is 11.9 Å². The van der Waals surface area contributed by atoms with E-state index >= 15 is 0 Å². The van der Waals surface area contributed by atoms with Crippen molar-refractivity contribution < 1.29 is 19.0 Å². The van der Waals surface area contributed by atoms with Crippen LogP contribution in [-0.2, 0) is 4.79 Å². The summed E-state index contributed by atoms with van der Waals surface area (Å²) in [5.41, 5.74) is 2.71. The van der Waals surface area contributed by atoms with Crippen LogP contribution < -0.4 is 14.2 Å². The monoisotopic (exact) mass is 419 g/mol. The number of rotatable bonds is 1. The summed E-state index contributed by atoms with van der Waals surface area (Å²) in [6, 6.07) is 14.4. The lowest BCUT2D eigenvalue weighted by Gasteiger charge is -2.51. The van der Waals surface area contributed by atoms with Crippen LogP contribution >= 0.6 is 0 Å². The minimum absolute atomic E-state index is 0.115. The molecule has 0 radical (unpaired) electrons. The molecule has 1 atom stereocenters. The molecule has 1 fully saturated rings. The Morgan fingerprint density at radius 1 is 1.03 bits per heavy atom. The molecule has 4 heterocycles. The van der Waals surface area contributed by atoms with Crippen molar-refractivity contribution in [3.8, 4) is 17.2 Å². The van der Waals surface area contributed by atoms with Crippen molar-refractivity contribution in [3.05, 3.63) is 53.6 Å². The van der Waals surface area contributed by atoms with Gasteiger partial charge in [0.15, 0.2) is 11.5 Å². The zero-order valence-electron chi connectivity index (χ0n) is 17.5. The Morgan fingerprint density at radius 2 is 1.81 bits per heavy atom. The topological polar surface area (TPSA) is 63.6 Å². The molecule has 4 aliphatic heterocycles. The van der Waals surface area contributed by atoms with Crippen LogP contribution in [0.4, 0.5) is 0 Å². The number of para-hydroxylation sites is 1. The maximum atomic E-state index is 11.9. The number of benzene rings is 2. The molecule has 0 saturated carbocycles. The van der Waals surface area contributed by atoms with Gasteiger partial charge in [0.2, 0.25) is 11.6 Å². The number of nitrogens with zero attached hydrogens (tertiary/aromatic N) is 3. The molecular formula is C24H25N3O4. The van der Waals surface area contributed by atoms with Gasteiger partial charge in [0, 0.05) is 50.4 Å². The molecule has 2 aromatic rings. The van der Waals surface area contributed by atoms with Crippen molar-refractivity contribution in [3.63, 3.8) is 0 Å². The Balaban J connectivity index is 1.38. The molecule has 1 amide bonds. The summed E-state index contributed by atoms with van der Waals surface area (Å²) in [4.78, 5) is 13.8. The lowest BCUT2D eigenvalue weighted by atomic mass is 9.90. The summed E-state index contributed by atoms with van der Waals surface area (Å²) in [6.07, 6.45) is 2.27. The number of carbonyl (C=O) groups excluding carboxylic acids is 1. The molecule has 2 aromatic carbocycles. The minimum Gasteiger partial charge on any atom is -0.486 e. The van der Waals surface area contributed by atoms with Crippen LogP contribution in [0.15, 0.2) is 47.6 Å². The van der Waals surface area contributed by atoms with E-state index in [1.165, 1.54) is 5.56 Å². The molecule has 0 aliphatic carbocycles. The molecule has 7 heteroatoms. The van der Waals surface area contributed by atoms with E-state index in [9.17, 15) is 4.79 Å². The second-order valence-electron chi connectivity index (χ2n) is 8.56. The zero-order valence-corrected chi connectivity index (χ0v) is 17.5. The van der Waals surface area contributed by atoms with Gasteiger partial charge < -0.3 is 19.1 Å². The van der Waals surface area contributed by atoms with E-state index in [2.05, 4.69) is 23.2 Å². The summed E-state index contributed by atoms with van der Waals surface area (Å²) >= 11 is 0. The van der Waals surface area contributed by atoms with Gasteiger partial charge in [-0.3, -0.25) is 4.79 Å². The SMILES string of the molecule is CC(=O)N1CCC2(CC1)Oc1ccccc1[C@@H]1CC(c3ccc4c(c3)OCCO4)=NN12. The van der Waals surface area contributed by atoms with Crippen molar-refractivity contribution in [2.24, 2.45) is 5.10 Å². The van der Waals surface area contributed by atoms with Crippen LogP contribution in [0.25, 0.3) is 0 Å². The third-order valence-corrected chi connectivity index (χ3v) is 6.77. The number of likely N-dealkylation sites (tertiary alicyclic amines) is 1. The van der Waals surface area contributed by atoms with Crippen LogP contribution in [0.2, 0.25) is 0 Å². The number of ether oxygens (including phenoxy) is 3. The third-order valence-electron chi connectivity index (χ3n) is 6.77. The third kappa shape index (κ3) is 2.94. The van der Waals surface area contributed by atoms with Crippen molar-refractivity contribution in [2.75, 3.05) is 26.3 Å². The molecule has 0 unspecified atom stereocenters. The molecule has 31 heavy (non-hydrogen) atoms. The molecule has 0 bridgehead atoms. The van der Waals surface area contributed by atoms with Gasteiger partial charge >= 0.3 is 0 Å². The van der Waals surface area contributed by atoms with Crippen molar-refractivity contribution in [2.45, 2.75) is 38.0 Å². The Kier molecular flexibility index (Phi) is 4.13. The van der Waals surface area contributed by atoms with Crippen LogP contribution in [0.5, 0.6) is 17.2 Å². The van der Waals surface area contributed by atoms with E-state index in [1.807, 2.05) is 29.2 Å². The number of hydrogen-bond acceptors (Lipinski definition) is 6. The summed E-state index contributed by atoms with van der Waals surface area (Å²) in [6.45, 7) is 4.13. The fourth-order valence-electron chi connectivity index (χ4n) is 5.13. The maximum absolute atomic E-state index is 11.9. The molecular weight excluding hydrogens is 394 g/mol. The van der Waals surface area contributed by atoms with E-state index in [0.717, 1.165) is 47.8 Å². The van der Waals surface area contributed by atoms with Crippen molar-refractivity contribution >= 4 is 11.6 Å². The molecule has 1 saturated heterocycles. The fraction of sp³-hybridized carbons (Fsp3) is 0.417. The Morgan fingerprint density at radius 3 is 2.61 bits per heavy atom. The largest absolute Gasteiger partial charge is 0.486 e. The summed E-state index contributed by atoms with van der Waals surface area (Å²) in [5, 5.41) is 7.27. The summed E-state index contributed by atoms with van der Waals surface area (Å²) in [5.74, 6) is 2.61. The average molecular weight is 419 g/mol. The number of hydrazone groups is 1. The highest BCUT2D eigenvalue weighted by atomic mass is 16.6. The first-order chi connectivity index (χ1) is 15.1. The Hall–Kier alpha value is -3.22. The van der Waals surface area contributed by atoms with Gasteiger partial charge in [-0.15, -0.1) is 0 Å². The van der Waals surface area contributed by atoms with E-state index < -0.39 is 5.72 Å². The Labute approximate surface area is 181 Å². The van der Waals surface area contributed by atoms with Gasteiger partial charge in [-0.05, 0) is 24.3 Å². The maximum Gasteiger partial charge on any atom is 0.219 e. The normalized spacial score (nSPS) is 23.0. The van der Waals surface area contributed by atoms with Gasteiger partial charge in [-0.2, -0.15) is 5.10 Å². The Bertz CT molecular complexity index is 1070. The predicted molar refractivity (Wildman–Crippen MR) is 114 cm³/mol. The van der Waals surface area contributed by atoms with Gasteiger partial charge in [-0.25, -0.2) is 5.01 Å². The minimum atomic E-state index is -0.527. The lowest BCUT2D eigenvalue weighted by molar-refractivity contribution is -0.158. The zero-order chi connectivity index (χ0) is 21.0. The number of hydrogen-bond donors (Lipinski definition) is 0. The summed E-state index contributed by atoms with van der Waals surface area (Å²) < 4.78 is 18.1. The standard InChI is InChI=1S/C24H25N3O4/c1-16(28)26-10-8-24(9-11-26)27-20(18-4-2-3-5-21(18)31-24)15-19(25-27)17-6-7-22-23(14-17)30-13-12-29-22/h2-7,14,20H,8-13,15H2,1H3/t20-/m0/s1. The van der Waals surface area contributed by atoms with Crippen molar-refractivity contribution in [1.29, 1.82) is 0 Å². The van der Waals surface area contributed by atoms with Crippen LogP contribution in [0, 0.1) is 0 Å². The second-order valence-corrected chi connectivity index (χ2v) is 8.56. The predicted octanol–water partition coefficient (Wildman–Crippen LogP) is 3.34. The number of fused-ring (bicyclic) bond motifs is 5. The van der Waals surface area contributed by atoms with Crippen molar-refractivity contribution in [1.82, 2.24) is 9.91 Å². The number of piperidine rings is 1. The van der Waals surface area contributed by atoms with Gasteiger partial charge in [0.1, 0.15) is 19.0 Å². The van der Waals surface area contributed by atoms with Crippen LogP contribution in [0.1, 0.15) is 43.4 Å². The highest BCUT2D eigenvalue weighted by Crippen LogP contribution is 2.50. The lowest BCUT2D eigenvalue weighted by Crippen LogP contribution is -2.59. The molecule has 7 nitrogen and oxygen atoms in total. The smallest absolute Gasteiger partial charge is 0.219 e. The highest BCUT2D eigenvalue weighted by Gasteiger charge is 2.52. The fourth-order valence-corrected chi connectivity index (χ4v) is 5.13. The van der Waals surface area contributed by atoms with Gasteiger partial charge in [0.05, 0.1) is 11.8 Å². The number of amides is 1. The molecule has 0 N–H and O–H groups in total. The molecule has 4 aliphatic rings. The molecule has 1 spiro atoms. The van der Waals surface area contributed by atoms with E-state index in [0.29, 0.717) is 26.3 Å². The quantitative estimate of drug-likeness (QED) is 0.710. The molecule has 0 aromatic heterocycles. The van der Waals surface area contributed by atoms with E-state index in [1.54, 1.807) is 6.92 Å². The molecule has 160 valence electrons. The van der Waals surface area contributed by atoms with Crippen LogP contribution in [0.3, 0.4) is 0 Å². The summed E-state index contributed by atoms with van der Waals surface area (Å²) in [7, 11) is 0. The first-order valence-electron chi connectivity index (χ1n) is 10.9. The number of carbonyl (C=O) groups is 1. The van der Waals surface area contributed by atoms with E-state index in [4.69, 9.17) is 19.3 Å². The van der Waals surface area contributed by atoms with Gasteiger partial charge in [-0.1, -0.05) is 18.2 Å². The average Bonchev–Trinajstić information content (AvgIpc) is 3.26. The van der Waals surface area contributed by atoms with Gasteiger partial charge in [0.25, 0.3) is 0 Å². The first-order valence-corrected chi connectivity index (χ1v) is 10.9. The highest BCUT2D eigenvalue weighted by molar-refractivity contribution is 6.02. The molecule has 6 rings (SSSR count).